The number of benzene rings is 1. The summed E-state index contributed by atoms with van der Waals surface area (Å²) >= 11 is 0. The van der Waals surface area contributed by atoms with Crippen LogP contribution in [0.1, 0.15) is 27.7 Å². The van der Waals surface area contributed by atoms with E-state index in [1.54, 1.807) is 27.7 Å². The Kier molecular flexibility index (Phi) is 6.34. The summed E-state index contributed by atoms with van der Waals surface area (Å²) in [6.45, 7) is 7.34. The van der Waals surface area contributed by atoms with Gasteiger partial charge in [-0.25, -0.2) is 4.39 Å². The van der Waals surface area contributed by atoms with E-state index in [2.05, 4.69) is 10.6 Å². The molecule has 2 N–H and O–H groups in total. The topological polar surface area (TPSA) is 67.4 Å². The van der Waals surface area contributed by atoms with Gasteiger partial charge in [0.15, 0.2) is 0 Å². The van der Waals surface area contributed by atoms with Crippen LogP contribution in [0.15, 0.2) is 24.3 Å². The van der Waals surface area contributed by atoms with Crippen LogP contribution in [0.5, 0.6) is 5.75 Å². The quantitative estimate of drug-likeness (QED) is 0.843. The molecule has 1 aromatic rings. The van der Waals surface area contributed by atoms with Gasteiger partial charge in [-0.2, -0.15) is 0 Å². The maximum atomic E-state index is 12.8. The van der Waals surface area contributed by atoms with Gasteiger partial charge < -0.3 is 15.4 Å². The molecule has 0 fully saturated rings. The molecule has 1 rings (SSSR count). The molecular weight excluding hydrogens is 287 g/mol. The number of carbonyl (C=O) groups is 2. The number of nitrogens with one attached hydrogen (secondary N) is 2. The number of hydrogen-bond donors (Lipinski definition) is 2. The molecule has 0 saturated carbocycles. The molecule has 0 saturated heterocycles. The standard InChI is InChI=1S/C16H23FN2O3/c1-11(22-13-7-5-12(17)6-8-13)9-18-14(20)10-19-15(21)16(2,3)4/h5-8,11H,9-10H2,1-4H3,(H,18,20)(H,19,21)/t11-/m0/s1. The van der Waals surface area contributed by atoms with Crippen molar-refractivity contribution in [2.24, 2.45) is 5.41 Å². The van der Waals surface area contributed by atoms with Gasteiger partial charge in [0.05, 0.1) is 13.1 Å². The number of hydrogen-bond acceptors (Lipinski definition) is 3. The van der Waals surface area contributed by atoms with Gasteiger partial charge in [-0.1, -0.05) is 20.8 Å². The first kappa shape index (κ1) is 17.9. The van der Waals surface area contributed by atoms with E-state index in [1.165, 1.54) is 24.3 Å². The Bertz CT molecular complexity index is 509. The zero-order valence-corrected chi connectivity index (χ0v) is 13.4. The molecule has 0 aromatic heterocycles. The fourth-order valence-electron chi connectivity index (χ4n) is 1.53. The van der Waals surface area contributed by atoms with E-state index in [0.29, 0.717) is 12.3 Å². The predicted octanol–water partition coefficient (Wildman–Crippen LogP) is 1.87. The maximum absolute atomic E-state index is 12.8. The lowest BCUT2D eigenvalue weighted by Gasteiger charge is -2.18. The molecule has 6 heteroatoms. The Morgan fingerprint density at radius 2 is 1.77 bits per heavy atom. The van der Waals surface area contributed by atoms with E-state index in [9.17, 15) is 14.0 Å². The number of halogens is 1. The normalized spacial score (nSPS) is 12.4. The average molecular weight is 310 g/mol. The largest absolute Gasteiger partial charge is 0.489 e. The van der Waals surface area contributed by atoms with Crippen molar-refractivity contribution in [3.8, 4) is 5.75 Å². The Morgan fingerprint density at radius 1 is 1.18 bits per heavy atom. The molecular formula is C16H23FN2O3. The van der Waals surface area contributed by atoms with Crippen molar-refractivity contribution in [1.29, 1.82) is 0 Å². The lowest BCUT2D eigenvalue weighted by Crippen LogP contribution is -2.43. The molecule has 0 heterocycles. The third-order valence-electron chi connectivity index (χ3n) is 2.83. The molecule has 2 amide bonds. The van der Waals surface area contributed by atoms with Crippen molar-refractivity contribution in [3.05, 3.63) is 30.1 Å². The molecule has 0 aliphatic carbocycles. The zero-order valence-electron chi connectivity index (χ0n) is 13.4. The Morgan fingerprint density at radius 3 is 2.32 bits per heavy atom. The second kappa shape index (κ2) is 7.77. The molecule has 122 valence electrons. The van der Waals surface area contributed by atoms with E-state index >= 15 is 0 Å². The van der Waals surface area contributed by atoms with Crippen LogP contribution in [-0.4, -0.2) is 31.0 Å². The number of rotatable bonds is 6. The van der Waals surface area contributed by atoms with Crippen LogP contribution in [0.2, 0.25) is 0 Å². The number of ether oxygens (including phenoxy) is 1. The first-order valence-corrected chi connectivity index (χ1v) is 7.15. The minimum atomic E-state index is -0.529. The minimum absolute atomic E-state index is 0.0701. The molecule has 0 unspecified atom stereocenters. The third-order valence-corrected chi connectivity index (χ3v) is 2.83. The summed E-state index contributed by atoms with van der Waals surface area (Å²) < 4.78 is 18.3. The van der Waals surface area contributed by atoms with Crippen LogP contribution in [0.3, 0.4) is 0 Å². The first-order chi connectivity index (χ1) is 10.2. The van der Waals surface area contributed by atoms with Crippen molar-refractivity contribution in [3.63, 3.8) is 0 Å². The highest BCUT2D eigenvalue weighted by atomic mass is 19.1. The fourth-order valence-corrected chi connectivity index (χ4v) is 1.53. The predicted molar refractivity (Wildman–Crippen MR) is 82.0 cm³/mol. The number of amides is 2. The Hall–Kier alpha value is -2.11. The van der Waals surface area contributed by atoms with Crippen LogP contribution < -0.4 is 15.4 Å². The molecule has 1 atom stereocenters. The van der Waals surface area contributed by atoms with Crippen molar-refractivity contribution < 1.29 is 18.7 Å². The highest BCUT2D eigenvalue weighted by Gasteiger charge is 2.21. The second-order valence-electron chi connectivity index (χ2n) is 6.12. The van der Waals surface area contributed by atoms with Crippen LogP contribution in [0.4, 0.5) is 4.39 Å². The zero-order chi connectivity index (χ0) is 16.8. The summed E-state index contributed by atoms with van der Waals surface area (Å²) in [4.78, 5) is 23.3. The van der Waals surface area contributed by atoms with Crippen molar-refractivity contribution in [2.75, 3.05) is 13.1 Å². The van der Waals surface area contributed by atoms with Gasteiger partial charge in [0, 0.05) is 5.41 Å². The second-order valence-corrected chi connectivity index (χ2v) is 6.12. The van der Waals surface area contributed by atoms with Gasteiger partial charge in [-0.05, 0) is 31.2 Å². The van der Waals surface area contributed by atoms with Gasteiger partial charge in [0.2, 0.25) is 11.8 Å². The van der Waals surface area contributed by atoms with Crippen LogP contribution in [0, 0.1) is 11.2 Å². The van der Waals surface area contributed by atoms with Crippen molar-refractivity contribution in [2.45, 2.75) is 33.8 Å². The van der Waals surface area contributed by atoms with E-state index in [-0.39, 0.29) is 30.3 Å². The highest BCUT2D eigenvalue weighted by Crippen LogP contribution is 2.13. The van der Waals surface area contributed by atoms with Crippen molar-refractivity contribution >= 4 is 11.8 Å². The van der Waals surface area contributed by atoms with Gasteiger partial charge >= 0.3 is 0 Å². The van der Waals surface area contributed by atoms with E-state index in [4.69, 9.17) is 4.74 Å². The summed E-state index contributed by atoms with van der Waals surface area (Å²) in [5.74, 6) is -0.266. The molecule has 0 bridgehead atoms. The van der Waals surface area contributed by atoms with Crippen LogP contribution >= 0.6 is 0 Å². The molecule has 22 heavy (non-hydrogen) atoms. The van der Waals surface area contributed by atoms with Crippen molar-refractivity contribution in [1.82, 2.24) is 10.6 Å². The number of carbonyl (C=O) groups excluding carboxylic acids is 2. The SMILES string of the molecule is C[C@@H](CNC(=O)CNC(=O)C(C)(C)C)Oc1ccc(F)cc1. The molecule has 5 nitrogen and oxygen atoms in total. The van der Waals surface area contributed by atoms with Gasteiger partial charge in [-0.3, -0.25) is 9.59 Å². The van der Waals surface area contributed by atoms with Gasteiger partial charge in [0.25, 0.3) is 0 Å². The highest BCUT2D eigenvalue weighted by molar-refractivity contribution is 5.87. The minimum Gasteiger partial charge on any atom is -0.489 e. The summed E-state index contributed by atoms with van der Waals surface area (Å²) in [6, 6.07) is 5.67. The smallest absolute Gasteiger partial charge is 0.239 e. The molecule has 0 radical (unpaired) electrons. The van der Waals surface area contributed by atoms with Gasteiger partial charge in [-0.15, -0.1) is 0 Å². The third kappa shape index (κ3) is 6.56. The van der Waals surface area contributed by atoms with E-state index < -0.39 is 5.41 Å². The summed E-state index contributed by atoms with van der Waals surface area (Å²) in [6.07, 6.45) is -0.271. The lowest BCUT2D eigenvalue weighted by atomic mass is 9.96. The molecule has 0 aliphatic rings. The van der Waals surface area contributed by atoms with E-state index in [1.807, 2.05) is 0 Å². The van der Waals surface area contributed by atoms with E-state index in [0.717, 1.165) is 0 Å². The molecule has 1 aromatic carbocycles. The summed E-state index contributed by atoms with van der Waals surface area (Å²) in [7, 11) is 0. The fraction of sp³-hybridized carbons (Fsp3) is 0.500. The van der Waals surface area contributed by atoms with Crippen LogP contribution in [-0.2, 0) is 9.59 Å². The molecule has 0 spiro atoms. The first-order valence-electron chi connectivity index (χ1n) is 7.15. The summed E-state index contributed by atoms with van der Waals surface area (Å²) in [5.41, 5.74) is -0.529. The lowest BCUT2D eigenvalue weighted by molar-refractivity contribution is -0.131. The summed E-state index contributed by atoms with van der Waals surface area (Å²) in [5, 5.41) is 5.24. The maximum Gasteiger partial charge on any atom is 0.239 e. The Balaban J connectivity index is 2.28. The van der Waals surface area contributed by atoms with Gasteiger partial charge in [0.1, 0.15) is 17.7 Å². The Labute approximate surface area is 130 Å². The monoisotopic (exact) mass is 310 g/mol. The molecule has 0 aliphatic heterocycles. The average Bonchev–Trinajstić information content (AvgIpc) is 2.44. The van der Waals surface area contributed by atoms with Crippen LogP contribution in [0.25, 0.3) is 0 Å².